The van der Waals surface area contributed by atoms with Gasteiger partial charge in [0.1, 0.15) is 0 Å². The third kappa shape index (κ3) is 4.70. The Hall–Kier alpha value is -3.95. The predicted octanol–water partition coefficient (Wildman–Crippen LogP) is 5.00. The predicted molar refractivity (Wildman–Crippen MR) is 117 cm³/mol. The Balaban J connectivity index is 1.29. The van der Waals surface area contributed by atoms with Crippen molar-refractivity contribution in [1.82, 2.24) is 20.1 Å². The van der Waals surface area contributed by atoms with E-state index in [0.717, 1.165) is 30.8 Å². The number of aryl methyl sites for hydroxylation is 1. The lowest BCUT2D eigenvalue weighted by Crippen LogP contribution is -2.31. The van der Waals surface area contributed by atoms with E-state index in [0.29, 0.717) is 18.4 Å². The number of rotatable bonds is 5. The van der Waals surface area contributed by atoms with Crippen LogP contribution in [0.3, 0.4) is 0 Å². The number of hydrogen-bond donors (Lipinski definition) is 0. The second kappa shape index (κ2) is 8.77. The Morgan fingerprint density at radius 3 is 2.65 bits per heavy atom. The van der Waals surface area contributed by atoms with Gasteiger partial charge in [0, 0.05) is 30.4 Å². The summed E-state index contributed by atoms with van der Waals surface area (Å²) in [7, 11) is 0. The molecule has 1 aliphatic rings. The Bertz CT molecular complexity index is 1320. The number of alkyl halides is 3. The van der Waals surface area contributed by atoms with Crippen molar-refractivity contribution in [1.29, 1.82) is 0 Å². The van der Waals surface area contributed by atoms with Crippen LogP contribution in [0, 0.1) is 6.92 Å². The molecule has 174 valence electrons. The van der Waals surface area contributed by atoms with Gasteiger partial charge in [-0.1, -0.05) is 41.6 Å². The van der Waals surface area contributed by atoms with E-state index in [2.05, 4.69) is 37.1 Å². The molecule has 2 aromatic carbocycles. The second-order valence-corrected chi connectivity index (χ2v) is 7.97. The van der Waals surface area contributed by atoms with Gasteiger partial charge in [-0.2, -0.15) is 23.1 Å². The van der Waals surface area contributed by atoms with Crippen molar-refractivity contribution in [3.63, 3.8) is 0 Å². The Morgan fingerprint density at radius 2 is 1.82 bits per heavy atom. The molecule has 2 aromatic heterocycles. The molecule has 0 atom stereocenters. The van der Waals surface area contributed by atoms with Crippen LogP contribution >= 0.6 is 0 Å². The van der Waals surface area contributed by atoms with E-state index < -0.39 is 11.7 Å². The molecule has 4 aromatic rings. The number of anilines is 1. The highest BCUT2D eigenvalue weighted by molar-refractivity contribution is 5.55. The molecule has 0 saturated carbocycles. The zero-order valence-electron chi connectivity index (χ0n) is 18.2. The van der Waals surface area contributed by atoms with Crippen LogP contribution in [0.25, 0.3) is 11.4 Å². The normalized spacial score (nSPS) is 13.6. The minimum atomic E-state index is -4.45. The van der Waals surface area contributed by atoms with Crippen molar-refractivity contribution in [2.75, 3.05) is 11.4 Å². The number of ether oxygens (including phenoxy) is 1. The topological polar surface area (TPSA) is 77.2 Å². The van der Waals surface area contributed by atoms with E-state index in [1.165, 1.54) is 23.3 Å². The summed E-state index contributed by atoms with van der Waals surface area (Å²) in [6.07, 6.45) is -3.55. The molecular formula is C24H20F3N5O2. The first-order valence-corrected chi connectivity index (χ1v) is 10.7. The first kappa shape index (κ1) is 21.9. The number of hydrogen-bond acceptors (Lipinski definition) is 7. The van der Waals surface area contributed by atoms with E-state index in [9.17, 15) is 13.2 Å². The molecule has 0 amide bonds. The fourth-order valence-electron chi connectivity index (χ4n) is 3.81. The van der Waals surface area contributed by atoms with Crippen LogP contribution in [-0.2, 0) is 25.7 Å². The van der Waals surface area contributed by atoms with Crippen molar-refractivity contribution in [3.8, 4) is 17.3 Å². The van der Waals surface area contributed by atoms with Gasteiger partial charge in [-0.15, -0.1) is 0 Å². The molecule has 0 radical (unpaired) electrons. The molecule has 0 saturated heterocycles. The molecule has 5 rings (SSSR count). The van der Waals surface area contributed by atoms with Crippen LogP contribution in [0.2, 0.25) is 0 Å². The molecule has 10 heteroatoms. The van der Waals surface area contributed by atoms with Crippen LogP contribution in [0.4, 0.5) is 19.1 Å². The number of fused-ring (bicyclic) bond motifs is 1. The van der Waals surface area contributed by atoms with Gasteiger partial charge in [0.2, 0.25) is 17.7 Å². The summed E-state index contributed by atoms with van der Waals surface area (Å²) < 4.78 is 49.8. The van der Waals surface area contributed by atoms with Gasteiger partial charge in [-0.05, 0) is 36.6 Å². The molecule has 7 nitrogen and oxygen atoms in total. The number of halogens is 3. The largest absolute Gasteiger partial charge is 0.467 e. The van der Waals surface area contributed by atoms with Crippen LogP contribution < -0.4 is 9.64 Å². The highest BCUT2D eigenvalue weighted by atomic mass is 19.4. The van der Waals surface area contributed by atoms with Crippen LogP contribution in [0.1, 0.15) is 28.3 Å². The van der Waals surface area contributed by atoms with Crippen molar-refractivity contribution in [3.05, 3.63) is 82.9 Å². The van der Waals surface area contributed by atoms with Crippen LogP contribution in [-0.4, -0.2) is 26.7 Å². The van der Waals surface area contributed by atoms with E-state index in [4.69, 9.17) is 9.26 Å². The van der Waals surface area contributed by atoms with E-state index >= 15 is 0 Å². The summed E-state index contributed by atoms with van der Waals surface area (Å²) in [6, 6.07) is 14.8. The Morgan fingerprint density at radius 1 is 1.00 bits per heavy atom. The molecule has 34 heavy (non-hydrogen) atoms. The monoisotopic (exact) mass is 467 g/mol. The van der Waals surface area contributed by atoms with Crippen molar-refractivity contribution in [2.24, 2.45) is 0 Å². The number of nitrogens with zero attached hydrogens (tertiary/aromatic N) is 5. The van der Waals surface area contributed by atoms with Gasteiger partial charge in [0.25, 0.3) is 5.89 Å². The molecule has 0 unspecified atom stereocenters. The van der Waals surface area contributed by atoms with E-state index in [-0.39, 0.29) is 23.9 Å². The average Bonchev–Trinajstić information content (AvgIpc) is 3.31. The minimum absolute atomic E-state index is 0.0521. The summed E-state index contributed by atoms with van der Waals surface area (Å²) in [5.74, 6) is 1.09. The first-order valence-electron chi connectivity index (χ1n) is 10.7. The summed E-state index contributed by atoms with van der Waals surface area (Å²) in [4.78, 5) is 15.3. The standard InChI is InChI=1S/C24H20F3N5O2/c1-15-11-20(30-23(28-15)32-10-9-16-5-2-3-6-18(16)13-32)33-14-21-29-22(31-34-21)17-7-4-8-19(12-17)24(25,26)27/h2-8,11-12H,9-10,13-14H2,1H3. The van der Waals surface area contributed by atoms with Crippen molar-refractivity contribution in [2.45, 2.75) is 32.7 Å². The van der Waals surface area contributed by atoms with Crippen molar-refractivity contribution >= 4 is 5.95 Å². The smallest absolute Gasteiger partial charge is 0.416 e. The van der Waals surface area contributed by atoms with Crippen molar-refractivity contribution < 1.29 is 22.4 Å². The van der Waals surface area contributed by atoms with Gasteiger partial charge in [0.15, 0.2) is 6.61 Å². The molecule has 1 aliphatic heterocycles. The molecule has 0 bridgehead atoms. The lowest BCUT2D eigenvalue weighted by molar-refractivity contribution is -0.137. The zero-order valence-corrected chi connectivity index (χ0v) is 18.2. The first-order chi connectivity index (χ1) is 16.3. The lowest BCUT2D eigenvalue weighted by Gasteiger charge is -2.29. The Labute approximate surface area is 193 Å². The quantitative estimate of drug-likeness (QED) is 0.409. The maximum absolute atomic E-state index is 13.0. The minimum Gasteiger partial charge on any atom is -0.467 e. The second-order valence-electron chi connectivity index (χ2n) is 7.97. The van der Waals surface area contributed by atoms with Gasteiger partial charge < -0.3 is 14.2 Å². The number of aromatic nitrogens is 4. The fraction of sp³-hybridized carbons (Fsp3) is 0.250. The summed E-state index contributed by atoms with van der Waals surface area (Å²) in [5, 5.41) is 3.78. The summed E-state index contributed by atoms with van der Waals surface area (Å²) in [6.45, 7) is 3.28. The Kier molecular flexibility index (Phi) is 5.64. The van der Waals surface area contributed by atoms with E-state index in [1.807, 2.05) is 19.1 Å². The maximum atomic E-state index is 13.0. The third-order valence-corrected chi connectivity index (χ3v) is 5.49. The average molecular weight is 467 g/mol. The van der Waals surface area contributed by atoms with Gasteiger partial charge in [-0.25, -0.2) is 4.98 Å². The summed E-state index contributed by atoms with van der Waals surface area (Å²) in [5.41, 5.74) is 2.74. The maximum Gasteiger partial charge on any atom is 0.416 e. The zero-order chi connectivity index (χ0) is 23.7. The van der Waals surface area contributed by atoms with Gasteiger partial charge in [0.05, 0.1) is 5.56 Å². The fourth-order valence-corrected chi connectivity index (χ4v) is 3.81. The molecule has 0 aliphatic carbocycles. The van der Waals surface area contributed by atoms with Gasteiger partial charge in [-0.3, -0.25) is 0 Å². The molecule has 0 fully saturated rings. The highest BCUT2D eigenvalue weighted by Gasteiger charge is 2.30. The molecule has 0 N–H and O–H groups in total. The van der Waals surface area contributed by atoms with Crippen LogP contribution in [0.5, 0.6) is 5.88 Å². The lowest BCUT2D eigenvalue weighted by atomic mass is 10.0. The van der Waals surface area contributed by atoms with Gasteiger partial charge >= 0.3 is 6.18 Å². The van der Waals surface area contributed by atoms with E-state index in [1.54, 1.807) is 6.07 Å². The van der Waals surface area contributed by atoms with Crippen LogP contribution in [0.15, 0.2) is 59.1 Å². The third-order valence-electron chi connectivity index (χ3n) is 5.49. The SMILES string of the molecule is Cc1cc(OCc2nc(-c3cccc(C(F)(F)F)c3)no2)nc(N2CCc3ccccc3C2)n1. The molecule has 0 spiro atoms. The molecular weight excluding hydrogens is 447 g/mol. The number of benzene rings is 2. The molecule has 3 heterocycles. The summed E-state index contributed by atoms with van der Waals surface area (Å²) >= 11 is 0. The highest BCUT2D eigenvalue weighted by Crippen LogP contribution is 2.31.